The Morgan fingerprint density at radius 3 is 0.839 bits per heavy atom. The molecule has 310 valence electrons. The third-order valence-electron chi connectivity index (χ3n) is 22.6. The Morgan fingerprint density at radius 2 is 0.554 bits per heavy atom. The van der Waals surface area contributed by atoms with E-state index in [0.717, 1.165) is 131 Å². The van der Waals surface area contributed by atoms with Gasteiger partial charge < -0.3 is 11.2 Å². The van der Waals surface area contributed by atoms with Gasteiger partial charge in [0.05, 0.1) is 6.10 Å². The predicted molar refractivity (Wildman–Crippen MR) is 219 cm³/mol. The monoisotopic (exact) mass is 815 g/mol. The van der Waals surface area contributed by atoms with Gasteiger partial charge in [-0.15, -0.1) is 0 Å². The summed E-state index contributed by atoms with van der Waals surface area (Å²) in [4.78, 5) is 19.3. The van der Waals surface area contributed by atoms with Crippen LogP contribution in [-0.2, 0) is 9.09 Å². The van der Waals surface area contributed by atoms with E-state index in [2.05, 4.69) is 0 Å². The van der Waals surface area contributed by atoms with Gasteiger partial charge in [-0.2, -0.15) is 0 Å². The molecule has 0 radical (unpaired) electrons. The molecule has 6 heteroatoms. The summed E-state index contributed by atoms with van der Waals surface area (Å²) in [5.74, 6) is 21.8. The summed E-state index contributed by atoms with van der Waals surface area (Å²) >= 11 is 0. The average Bonchev–Trinajstić information content (AvgIpc) is 3.15. The van der Waals surface area contributed by atoms with Gasteiger partial charge in [0.15, 0.2) is 0 Å². The second kappa shape index (κ2) is 16.1. The molecule has 0 bridgehead atoms. The van der Waals surface area contributed by atoms with Crippen molar-refractivity contribution in [1.82, 2.24) is 0 Å². The van der Waals surface area contributed by atoms with Crippen LogP contribution in [0, 0.1) is 130 Å². The zero-order valence-corrected chi connectivity index (χ0v) is 39.5. The Kier molecular flexibility index (Phi) is 11.6. The Hall–Kier alpha value is 1.75. The van der Waals surface area contributed by atoms with Crippen LogP contribution >= 0.6 is 7.82 Å². The molecule has 0 saturated heterocycles. The minimum Gasteiger partial charge on any atom is -1.00 e. The van der Waals surface area contributed by atoms with Crippen LogP contribution < -0.4 is 51.4 Å². The molecular weight excluding hydrogens is 735 g/mol. The van der Waals surface area contributed by atoms with Crippen molar-refractivity contribution in [2.24, 2.45) is 130 Å². The van der Waals surface area contributed by atoms with Crippen molar-refractivity contribution >= 4 is 7.82 Å². The van der Waals surface area contributed by atoms with E-state index in [1.807, 2.05) is 0 Å². The van der Waals surface area contributed by atoms with Crippen molar-refractivity contribution in [3.05, 3.63) is 0 Å². The molecule has 12 aliphatic carbocycles. The molecule has 0 aromatic rings. The molecule has 12 rings (SSSR count). The minimum absolute atomic E-state index is 0. The van der Waals surface area contributed by atoms with E-state index in [1.165, 1.54) is 51.4 Å². The first-order chi connectivity index (χ1) is 26.7. The number of fused-ring (bicyclic) bond motifs is 11. The summed E-state index contributed by atoms with van der Waals surface area (Å²) in [6, 6.07) is 0. The van der Waals surface area contributed by atoms with Crippen molar-refractivity contribution in [3.8, 4) is 0 Å². The van der Waals surface area contributed by atoms with Gasteiger partial charge in [0.2, 0.25) is 0 Å². The summed E-state index contributed by atoms with van der Waals surface area (Å²) in [7, 11) is -4.42. The molecular formula is C50H80KO4P. The summed E-state index contributed by atoms with van der Waals surface area (Å²) in [6.07, 6.45) is 40.4. The fraction of sp³-hybridized carbons (Fsp3) is 1.00. The van der Waals surface area contributed by atoms with Gasteiger partial charge in [-0.25, -0.2) is 4.57 Å². The quantitative estimate of drug-likeness (QED) is 0.215. The molecule has 0 spiro atoms. The normalized spacial score (nSPS) is 57.1. The van der Waals surface area contributed by atoms with Crippen LogP contribution in [0.25, 0.3) is 0 Å². The third-order valence-corrected chi connectivity index (χ3v) is 23.1. The number of rotatable bonds is 2. The van der Waals surface area contributed by atoms with Crippen molar-refractivity contribution in [2.45, 2.75) is 179 Å². The largest absolute Gasteiger partial charge is 1.00 e. The van der Waals surface area contributed by atoms with Crippen molar-refractivity contribution in [2.75, 3.05) is 0 Å². The molecule has 12 saturated carbocycles. The molecule has 0 heterocycles. The van der Waals surface area contributed by atoms with Crippen LogP contribution in [0.5, 0.6) is 0 Å². The molecule has 12 aliphatic rings. The molecule has 0 aromatic heterocycles. The van der Waals surface area contributed by atoms with E-state index in [0.29, 0.717) is 11.8 Å². The predicted octanol–water partition coefficient (Wildman–Crippen LogP) is 9.83. The first-order valence-corrected chi connectivity index (χ1v) is 27.0. The maximum atomic E-state index is 11.9. The fourth-order valence-electron chi connectivity index (χ4n) is 20.6. The van der Waals surface area contributed by atoms with Crippen LogP contribution in [0.4, 0.5) is 0 Å². The molecule has 4 nitrogen and oxygen atoms in total. The summed E-state index contributed by atoms with van der Waals surface area (Å²) in [5, 5.41) is 0. The van der Waals surface area contributed by atoms with Crippen LogP contribution in [0.1, 0.15) is 175 Å². The van der Waals surface area contributed by atoms with E-state index >= 15 is 0 Å². The minimum atomic E-state index is -4.42. The maximum Gasteiger partial charge on any atom is 1.00 e. The fourth-order valence-corrected chi connectivity index (χ4v) is 21.2. The molecule has 0 aliphatic heterocycles. The summed E-state index contributed by atoms with van der Waals surface area (Å²) in [6.45, 7) is 0. The van der Waals surface area contributed by atoms with E-state index in [-0.39, 0.29) is 58.9 Å². The molecule has 0 amide bonds. The Morgan fingerprint density at radius 1 is 0.321 bits per heavy atom. The van der Waals surface area contributed by atoms with Gasteiger partial charge in [0.25, 0.3) is 0 Å². The number of hydrogen-bond acceptors (Lipinski definition) is 2. The van der Waals surface area contributed by atoms with Gasteiger partial charge >= 0.3 is 59.2 Å². The Bertz CT molecular complexity index is 1470. The van der Waals surface area contributed by atoms with E-state index in [9.17, 15) is 14.4 Å². The second-order valence-electron chi connectivity index (χ2n) is 24.7. The van der Waals surface area contributed by atoms with Crippen LogP contribution in [-0.4, -0.2) is 15.9 Å². The summed E-state index contributed by atoms with van der Waals surface area (Å²) in [5.41, 5.74) is 0. The Balaban J connectivity index is 0.00000198. The van der Waals surface area contributed by atoms with Gasteiger partial charge in [-0.3, -0.25) is 4.52 Å². The van der Waals surface area contributed by atoms with Gasteiger partial charge in [-0.05, 0) is 271 Å². The van der Waals surface area contributed by atoms with Gasteiger partial charge in [0, 0.05) is 0 Å². The summed E-state index contributed by atoms with van der Waals surface area (Å²) < 4.78 is 17.3. The Labute approximate surface area is 385 Å². The van der Waals surface area contributed by atoms with Crippen LogP contribution in [0.2, 0.25) is 0 Å². The molecule has 23 atom stereocenters. The zero-order valence-electron chi connectivity index (χ0n) is 36.5. The molecule has 23 unspecified atom stereocenters. The maximum absolute atomic E-state index is 11.9. The first-order valence-electron chi connectivity index (χ1n) is 25.5. The third kappa shape index (κ3) is 7.65. The zero-order chi connectivity index (χ0) is 36.6. The number of hydrogen-bond donors (Lipinski definition) is 2. The van der Waals surface area contributed by atoms with Crippen LogP contribution in [0.15, 0.2) is 0 Å². The second-order valence-corrected chi connectivity index (χ2v) is 25.9. The first kappa shape index (κ1) is 40.5. The van der Waals surface area contributed by atoms with Crippen molar-refractivity contribution < 1.29 is 71.7 Å². The molecule has 56 heavy (non-hydrogen) atoms. The number of phosphoric acid groups is 1. The standard InChI is InChI=1S/C50H79O4P.K.H/c51-55(52,53)54-50-7-3-6-30-10-33-13-36-16-39-19-42-22-43-20-40-17-37-14-34-11-31-8-28-4-1-2-5-29(28)9-32(31)12-35(34)15-38(37)18-41(40)21-44(43)23-45(42)24-46(39)25-47(36)26-48(33)27-49(30)50;;/h28-50H,1-27H2,(H2,51,52,53);;/q;+1;-1. The average molecular weight is 815 g/mol. The smallest absolute Gasteiger partial charge is 1.00 e. The SMILES string of the molecule is O=P(O)(O)OC1CCCC2CC3CC4CC5CC6CC7CC8CC9CC%10CC%11CC%12CCCCC%12CC%11CC%10CC9CC8CC7CC6CC5CC4CC3CC21.[H-].[K+]. The van der Waals surface area contributed by atoms with Crippen LogP contribution in [0.3, 0.4) is 0 Å². The van der Waals surface area contributed by atoms with Crippen molar-refractivity contribution in [1.29, 1.82) is 0 Å². The topological polar surface area (TPSA) is 66.8 Å². The van der Waals surface area contributed by atoms with E-state index in [4.69, 9.17) is 4.52 Å². The molecule has 0 aromatic carbocycles. The van der Waals surface area contributed by atoms with E-state index < -0.39 is 7.82 Å². The van der Waals surface area contributed by atoms with Gasteiger partial charge in [-0.1, -0.05) is 32.1 Å². The molecule has 12 fully saturated rings. The van der Waals surface area contributed by atoms with Gasteiger partial charge in [0.1, 0.15) is 0 Å². The number of phosphoric ester groups is 1. The van der Waals surface area contributed by atoms with Crippen molar-refractivity contribution in [3.63, 3.8) is 0 Å². The molecule has 2 N–H and O–H groups in total. The van der Waals surface area contributed by atoms with E-state index in [1.54, 1.807) is 109 Å².